The molecule has 3 aromatic heterocycles. The SMILES string of the molecule is Cc1ncc(S(=O)(=O)Nc2cnc3c(c2)c(C)nn3C)s1. The first-order valence-corrected chi connectivity index (χ1v) is 8.41. The van der Waals surface area contributed by atoms with Crippen LogP contribution in [0, 0.1) is 13.8 Å². The lowest BCUT2D eigenvalue weighted by Gasteiger charge is -2.05. The van der Waals surface area contributed by atoms with E-state index in [0.29, 0.717) is 16.3 Å². The molecule has 0 aliphatic carbocycles. The Hall–Kier alpha value is -2.00. The molecule has 9 heteroatoms. The highest BCUT2D eigenvalue weighted by atomic mass is 32.2. The first kappa shape index (κ1) is 14.0. The van der Waals surface area contributed by atoms with Gasteiger partial charge in [0, 0.05) is 12.4 Å². The summed E-state index contributed by atoms with van der Waals surface area (Å²) in [5.74, 6) is 0. The highest BCUT2D eigenvalue weighted by Gasteiger charge is 2.18. The van der Waals surface area contributed by atoms with Crippen molar-refractivity contribution in [2.45, 2.75) is 18.1 Å². The second kappa shape index (κ2) is 4.78. The topological polar surface area (TPSA) is 89.8 Å². The molecule has 1 N–H and O–H groups in total. The summed E-state index contributed by atoms with van der Waals surface area (Å²) in [6.45, 7) is 3.62. The number of hydrogen-bond acceptors (Lipinski definition) is 6. The number of thiazole rings is 1. The fourth-order valence-electron chi connectivity index (χ4n) is 2.04. The van der Waals surface area contributed by atoms with Gasteiger partial charge >= 0.3 is 0 Å². The van der Waals surface area contributed by atoms with Crippen LogP contribution in [0.2, 0.25) is 0 Å². The number of aryl methyl sites for hydroxylation is 3. The number of fused-ring (bicyclic) bond motifs is 1. The van der Waals surface area contributed by atoms with Gasteiger partial charge in [-0.15, -0.1) is 11.3 Å². The zero-order chi connectivity index (χ0) is 15.2. The van der Waals surface area contributed by atoms with Gasteiger partial charge in [-0.2, -0.15) is 5.10 Å². The van der Waals surface area contributed by atoms with Gasteiger partial charge in [-0.1, -0.05) is 0 Å². The molecule has 0 fully saturated rings. The highest BCUT2D eigenvalue weighted by molar-refractivity contribution is 7.94. The number of anilines is 1. The molecule has 0 unspecified atom stereocenters. The minimum Gasteiger partial charge on any atom is -0.277 e. The van der Waals surface area contributed by atoms with Crippen LogP contribution in [0.4, 0.5) is 5.69 Å². The average Bonchev–Trinajstić information content (AvgIpc) is 2.95. The summed E-state index contributed by atoms with van der Waals surface area (Å²) in [7, 11) is -1.83. The van der Waals surface area contributed by atoms with Crippen LogP contribution in [0.1, 0.15) is 10.7 Å². The molecule has 0 saturated heterocycles. The van der Waals surface area contributed by atoms with Gasteiger partial charge in [0.05, 0.1) is 28.8 Å². The normalized spacial score (nSPS) is 12.0. The molecule has 0 aliphatic rings. The van der Waals surface area contributed by atoms with E-state index in [1.54, 1.807) is 24.7 Å². The van der Waals surface area contributed by atoms with E-state index in [1.807, 2.05) is 6.92 Å². The van der Waals surface area contributed by atoms with Gasteiger partial charge in [-0.3, -0.25) is 9.40 Å². The molecule has 0 bridgehead atoms. The molecule has 0 aliphatic heterocycles. The Morgan fingerprint density at radius 2 is 2.00 bits per heavy atom. The van der Waals surface area contributed by atoms with Crippen molar-refractivity contribution in [1.29, 1.82) is 0 Å². The van der Waals surface area contributed by atoms with E-state index in [4.69, 9.17) is 0 Å². The van der Waals surface area contributed by atoms with Gasteiger partial charge in [-0.05, 0) is 19.9 Å². The maximum atomic E-state index is 12.3. The summed E-state index contributed by atoms with van der Waals surface area (Å²) >= 11 is 1.13. The zero-order valence-corrected chi connectivity index (χ0v) is 13.3. The Morgan fingerprint density at radius 3 is 2.67 bits per heavy atom. The number of aromatic nitrogens is 4. The Morgan fingerprint density at radius 1 is 1.24 bits per heavy atom. The van der Waals surface area contributed by atoms with Crippen LogP contribution in [-0.2, 0) is 17.1 Å². The summed E-state index contributed by atoms with van der Waals surface area (Å²) in [4.78, 5) is 8.21. The summed E-state index contributed by atoms with van der Waals surface area (Å²) in [6, 6.07) is 1.73. The molecular formula is C12H13N5O2S2. The predicted octanol–water partition coefficient (Wildman–Crippen LogP) is 1.84. The second-order valence-corrected chi connectivity index (χ2v) is 7.75. The van der Waals surface area contributed by atoms with Gasteiger partial charge in [-0.25, -0.2) is 18.4 Å². The van der Waals surface area contributed by atoms with E-state index in [0.717, 1.165) is 22.4 Å². The van der Waals surface area contributed by atoms with E-state index in [9.17, 15) is 8.42 Å². The lowest BCUT2D eigenvalue weighted by molar-refractivity contribution is 0.603. The maximum Gasteiger partial charge on any atom is 0.273 e. The molecule has 3 heterocycles. The smallest absolute Gasteiger partial charge is 0.273 e. The molecule has 3 rings (SSSR count). The van der Waals surface area contributed by atoms with Crippen molar-refractivity contribution < 1.29 is 8.42 Å². The van der Waals surface area contributed by atoms with Crippen LogP contribution in [0.3, 0.4) is 0 Å². The van der Waals surface area contributed by atoms with Gasteiger partial charge in [0.15, 0.2) is 9.86 Å². The summed E-state index contributed by atoms with van der Waals surface area (Å²) in [6.07, 6.45) is 2.83. The molecule has 7 nitrogen and oxygen atoms in total. The number of hydrogen-bond donors (Lipinski definition) is 1. The number of pyridine rings is 1. The standard InChI is InChI=1S/C12H13N5O2S2/c1-7-10-4-9(5-14-12(10)17(3)15-7)16-21(18,19)11-6-13-8(2)20-11/h4-6,16H,1-3H3. The van der Waals surface area contributed by atoms with Gasteiger partial charge in [0.25, 0.3) is 10.0 Å². The fraction of sp³-hybridized carbons (Fsp3) is 0.250. The molecule has 0 amide bonds. The van der Waals surface area contributed by atoms with Crippen LogP contribution >= 0.6 is 11.3 Å². The minimum atomic E-state index is -3.63. The van der Waals surface area contributed by atoms with Crippen molar-refractivity contribution in [2.75, 3.05) is 4.72 Å². The fourth-order valence-corrected chi connectivity index (χ4v) is 4.18. The van der Waals surface area contributed by atoms with Gasteiger partial charge in [0.2, 0.25) is 0 Å². The van der Waals surface area contributed by atoms with Gasteiger partial charge < -0.3 is 0 Å². The van der Waals surface area contributed by atoms with E-state index in [2.05, 4.69) is 19.8 Å². The average molecular weight is 323 g/mol. The van der Waals surface area contributed by atoms with Crippen molar-refractivity contribution in [1.82, 2.24) is 19.7 Å². The van der Waals surface area contributed by atoms with Crippen molar-refractivity contribution in [3.8, 4) is 0 Å². The zero-order valence-electron chi connectivity index (χ0n) is 11.7. The molecule has 0 radical (unpaired) electrons. The number of nitrogens with zero attached hydrogens (tertiary/aromatic N) is 4. The Balaban J connectivity index is 2.00. The van der Waals surface area contributed by atoms with Crippen molar-refractivity contribution in [3.05, 3.63) is 29.2 Å². The lowest BCUT2D eigenvalue weighted by Crippen LogP contribution is -2.11. The molecule has 0 spiro atoms. The number of rotatable bonds is 3. The van der Waals surface area contributed by atoms with Gasteiger partial charge in [0.1, 0.15) is 0 Å². The van der Waals surface area contributed by atoms with Crippen LogP contribution < -0.4 is 4.72 Å². The molecule has 0 saturated carbocycles. The lowest BCUT2D eigenvalue weighted by atomic mass is 10.3. The molecule has 0 atom stereocenters. The van der Waals surface area contributed by atoms with E-state index in [-0.39, 0.29) is 4.21 Å². The van der Waals surface area contributed by atoms with E-state index >= 15 is 0 Å². The minimum absolute atomic E-state index is 0.183. The Kier molecular flexibility index (Phi) is 3.18. The van der Waals surface area contributed by atoms with E-state index < -0.39 is 10.0 Å². The van der Waals surface area contributed by atoms with E-state index in [1.165, 1.54) is 12.4 Å². The van der Waals surface area contributed by atoms with Crippen molar-refractivity contribution in [3.63, 3.8) is 0 Å². The monoisotopic (exact) mass is 323 g/mol. The van der Waals surface area contributed by atoms with Crippen LogP contribution in [0.15, 0.2) is 22.7 Å². The molecule has 3 aromatic rings. The summed E-state index contributed by atoms with van der Waals surface area (Å²) < 4.78 is 28.9. The molecule has 110 valence electrons. The molecular weight excluding hydrogens is 310 g/mol. The maximum absolute atomic E-state index is 12.3. The number of sulfonamides is 1. The highest BCUT2D eigenvalue weighted by Crippen LogP contribution is 2.24. The van der Waals surface area contributed by atoms with Crippen LogP contribution in [0.25, 0.3) is 11.0 Å². The largest absolute Gasteiger partial charge is 0.277 e. The predicted molar refractivity (Wildman–Crippen MR) is 80.9 cm³/mol. The molecule has 0 aromatic carbocycles. The molecule has 21 heavy (non-hydrogen) atoms. The summed E-state index contributed by atoms with van der Waals surface area (Å²) in [5.41, 5.74) is 1.92. The third-order valence-electron chi connectivity index (χ3n) is 2.98. The first-order chi connectivity index (χ1) is 9.87. The number of nitrogens with one attached hydrogen (secondary N) is 1. The summed E-state index contributed by atoms with van der Waals surface area (Å²) in [5, 5.41) is 5.78. The third kappa shape index (κ3) is 2.49. The first-order valence-electron chi connectivity index (χ1n) is 6.11. The Labute approximate surface area is 125 Å². The van der Waals surface area contributed by atoms with Crippen LogP contribution in [-0.4, -0.2) is 28.2 Å². The third-order valence-corrected chi connectivity index (χ3v) is 5.74. The van der Waals surface area contributed by atoms with Crippen molar-refractivity contribution in [2.24, 2.45) is 7.05 Å². The quantitative estimate of drug-likeness (QED) is 0.794. The Bertz CT molecular complexity index is 926. The van der Waals surface area contributed by atoms with Crippen LogP contribution in [0.5, 0.6) is 0 Å². The van der Waals surface area contributed by atoms with Crippen molar-refractivity contribution >= 4 is 38.1 Å². The second-order valence-electron chi connectivity index (χ2n) is 4.61.